The Morgan fingerprint density at radius 1 is 1.04 bits per heavy atom. The third-order valence-electron chi connectivity index (χ3n) is 4.29. The summed E-state index contributed by atoms with van der Waals surface area (Å²) >= 11 is 0. The average molecular weight is 356 g/mol. The summed E-state index contributed by atoms with van der Waals surface area (Å²) in [6.45, 7) is 7.64. The summed E-state index contributed by atoms with van der Waals surface area (Å²) in [6, 6.07) is 14.0. The Hall–Kier alpha value is -2.82. The molecule has 0 saturated heterocycles. The fourth-order valence-corrected chi connectivity index (χ4v) is 2.81. The second-order valence-electron chi connectivity index (χ2n) is 6.29. The maximum Gasteiger partial charge on any atom is 0.435 e. The highest BCUT2D eigenvalue weighted by atomic mass is 19.4. The van der Waals surface area contributed by atoms with E-state index in [2.05, 4.69) is 11.7 Å². The van der Waals surface area contributed by atoms with Gasteiger partial charge in [-0.2, -0.15) is 18.3 Å². The summed E-state index contributed by atoms with van der Waals surface area (Å²) in [5, 5.41) is 3.83. The molecular weight excluding hydrogens is 337 g/mol. The lowest BCUT2D eigenvalue weighted by atomic mass is 10.0. The van der Waals surface area contributed by atoms with Crippen molar-refractivity contribution < 1.29 is 13.2 Å². The van der Waals surface area contributed by atoms with Crippen LogP contribution in [0, 0.1) is 13.8 Å². The highest BCUT2D eigenvalue weighted by Gasteiger charge is 2.35. The third-order valence-corrected chi connectivity index (χ3v) is 4.29. The number of aryl methyl sites for hydroxylation is 2. The molecule has 0 unspecified atom stereocenters. The van der Waals surface area contributed by atoms with Gasteiger partial charge in [0.1, 0.15) is 0 Å². The summed E-state index contributed by atoms with van der Waals surface area (Å²) < 4.78 is 41.1. The molecular formula is C21H19F3N2. The lowest BCUT2D eigenvalue weighted by Gasteiger charge is -2.10. The molecule has 3 rings (SSSR count). The topological polar surface area (TPSA) is 17.8 Å². The summed E-state index contributed by atoms with van der Waals surface area (Å²) in [5.74, 6) is 0. The zero-order valence-corrected chi connectivity index (χ0v) is 14.6. The molecule has 1 aromatic heterocycles. The predicted molar refractivity (Wildman–Crippen MR) is 97.4 cm³/mol. The molecule has 26 heavy (non-hydrogen) atoms. The van der Waals surface area contributed by atoms with Gasteiger partial charge >= 0.3 is 6.18 Å². The van der Waals surface area contributed by atoms with E-state index in [-0.39, 0.29) is 0 Å². The van der Waals surface area contributed by atoms with Gasteiger partial charge in [0, 0.05) is 5.56 Å². The quantitative estimate of drug-likeness (QED) is 0.532. The zero-order chi connectivity index (χ0) is 18.9. The highest BCUT2D eigenvalue weighted by molar-refractivity contribution is 5.64. The Kier molecular flexibility index (Phi) is 4.72. The van der Waals surface area contributed by atoms with Crippen molar-refractivity contribution in [2.75, 3.05) is 0 Å². The molecule has 0 aliphatic heterocycles. The van der Waals surface area contributed by atoms with Gasteiger partial charge in [0.2, 0.25) is 0 Å². The number of nitrogens with zero attached hydrogens (tertiary/aromatic N) is 2. The molecule has 5 heteroatoms. The lowest BCUT2D eigenvalue weighted by molar-refractivity contribution is -0.141. The molecule has 0 fully saturated rings. The van der Waals surface area contributed by atoms with Gasteiger partial charge in [-0.3, -0.25) is 0 Å². The SMILES string of the molecule is C=CCc1cc(-c2cc(C(F)(F)F)nn2-c2ccc(C)cc2)ccc1C. The molecule has 0 radical (unpaired) electrons. The van der Waals surface area contributed by atoms with Crippen LogP contribution < -0.4 is 0 Å². The molecule has 0 spiro atoms. The van der Waals surface area contributed by atoms with Crippen molar-refractivity contribution in [1.29, 1.82) is 0 Å². The van der Waals surface area contributed by atoms with Crippen LogP contribution in [0.5, 0.6) is 0 Å². The highest BCUT2D eigenvalue weighted by Crippen LogP contribution is 2.34. The number of hydrogen-bond donors (Lipinski definition) is 0. The number of hydrogen-bond acceptors (Lipinski definition) is 1. The van der Waals surface area contributed by atoms with E-state index in [0.717, 1.165) is 22.8 Å². The molecule has 2 nitrogen and oxygen atoms in total. The van der Waals surface area contributed by atoms with E-state index < -0.39 is 11.9 Å². The van der Waals surface area contributed by atoms with Crippen molar-refractivity contribution in [3.8, 4) is 16.9 Å². The number of halogens is 3. The largest absolute Gasteiger partial charge is 0.435 e. The summed E-state index contributed by atoms with van der Waals surface area (Å²) in [5.41, 5.74) is 3.92. The van der Waals surface area contributed by atoms with Gasteiger partial charge in [-0.15, -0.1) is 6.58 Å². The monoisotopic (exact) mass is 356 g/mol. The second kappa shape index (κ2) is 6.83. The van der Waals surface area contributed by atoms with Crippen LogP contribution in [0.2, 0.25) is 0 Å². The van der Waals surface area contributed by atoms with Gasteiger partial charge in [-0.1, -0.05) is 35.9 Å². The molecule has 0 N–H and O–H groups in total. The van der Waals surface area contributed by atoms with Crippen molar-refractivity contribution in [1.82, 2.24) is 9.78 Å². The molecule has 2 aromatic carbocycles. The standard InChI is InChI=1S/C21H19F3N2/c1-4-5-16-12-17(9-8-15(16)3)19-13-20(21(22,23)24)25-26(19)18-10-6-14(2)7-11-18/h4,6-13H,1,5H2,2-3H3. The van der Waals surface area contributed by atoms with Crippen LogP contribution in [0.1, 0.15) is 22.4 Å². The zero-order valence-electron chi connectivity index (χ0n) is 14.6. The van der Waals surface area contributed by atoms with Crippen molar-refractivity contribution in [3.63, 3.8) is 0 Å². The molecule has 0 saturated carbocycles. The smallest absolute Gasteiger partial charge is 0.233 e. The average Bonchev–Trinajstić information content (AvgIpc) is 3.03. The van der Waals surface area contributed by atoms with Crippen LogP contribution >= 0.6 is 0 Å². The normalized spacial score (nSPS) is 11.6. The molecule has 0 aliphatic rings. The van der Waals surface area contributed by atoms with Crippen molar-refractivity contribution in [2.45, 2.75) is 26.4 Å². The Morgan fingerprint density at radius 3 is 2.35 bits per heavy atom. The lowest BCUT2D eigenvalue weighted by Crippen LogP contribution is -2.07. The maximum absolute atomic E-state index is 13.3. The van der Waals surface area contributed by atoms with Crippen molar-refractivity contribution in [3.05, 3.63) is 83.6 Å². The van der Waals surface area contributed by atoms with E-state index >= 15 is 0 Å². The third kappa shape index (κ3) is 3.57. The van der Waals surface area contributed by atoms with Crippen LogP contribution in [0.15, 0.2) is 61.2 Å². The molecule has 0 amide bonds. The Labute approximate surface area is 150 Å². The van der Waals surface area contributed by atoms with E-state index in [4.69, 9.17) is 0 Å². The number of alkyl halides is 3. The Balaban J connectivity index is 2.19. The minimum atomic E-state index is -4.50. The Bertz CT molecular complexity index is 935. The van der Waals surface area contributed by atoms with E-state index in [1.54, 1.807) is 18.2 Å². The minimum absolute atomic E-state index is 0.409. The Morgan fingerprint density at radius 2 is 1.73 bits per heavy atom. The van der Waals surface area contributed by atoms with Crippen LogP contribution in [0.3, 0.4) is 0 Å². The van der Waals surface area contributed by atoms with Gasteiger partial charge in [-0.25, -0.2) is 4.68 Å². The first kappa shape index (κ1) is 18.0. The van der Waals surface area contributed by atoms with Gasteiger partial charge in [0.25, 0.3) is 0 Å². The molecule has 0 bridgehead atoms. The van der Waals surface area contributed by atoms with Crippen molar-refractivity contribution in [2.24, 2.45) is 0 Å². The van der Waals surface area contributed by atoms with E-state index in [0.29, 0.717) is 23.4 Å². The fourth-order valence-electron chi connectivity index (χ4n) is 2.81. The number of benzene rings is 2. The predicted octanol–water partition coefficient (Wildman–Crippen LogP) is 5.90. The van der Waals surface area contributed by atoms with E-state index in [1.807, 2.05) is 44.2 Å². The molecule has 3 aromatic rings. The molecule has 0 atom stereocenters. The van der Waals surface area contributed by atoms with Crippen LogP contribution in [0.4, 0.5) is 13.2 Å². The van der Waals surface area contributed by atoms with E-state index in [9.17, 15) is 13.2 Å². The molecule has 1 heterocycles. The minimum Gasteiger partial charge on any atom is -0.233 e. The molecule has 134 valence electrons. The number of allylic oxidation sites excluding steroid dienone is 1. The van der Waals surface area contributed by atoms with Crippen LogP contribution in [-0.4, -0.2) is 9.78 Å². The molecule has 0 aliphatic carbocycles. The number of rotatable bonds is 4. The first-order chi connectivity index (χ1) is 12.3. The maximum atomic E-state index is 13.3. The second-order valence-corrected chi connectivity index (χ2v) is 6.29. The van der Waals surface area contributed by atoms with Gasteiger partial charge in [0.15, 0.2) is 5.69 Å². The fraction of sp³-hybridized carbons (Fsp3) is 0.190. The van der Waals surface area contributed by atoms with Crippen LogP contribution in [-0.2, 0) is 12.6 Å². The van der Waals surface area contributed by atoms with Crippen molar-refractivity contribution >= 4 is 0 Å². The number of aromatic nitrogens is 2. The van der Waals surface area contributed by atoms with Crippen LogP contribution in [0.25, 0.3) is 16.9 Å². The van der Waals surface area contributed by atoms with E-state index in [1.165, 1.54) is 4.68 Å². The summed E-state index contributed by atoms with van der Waals surface area (Å²) in [4.78, 5) is 0. The summed E-state index contributed by atoms with van der Waals surface area (Å²) in [6.07, 6.45) is -2.06. The van der Waals surface area contributed by atoms with Gasteiger partial charge in [0.05, 0.1) is 11.4 Å². The first-order valence-corrected chi connectivity index (χ1v) is 8.24. The van der Waals surface area contributed by atoms with Gasteiger partial charge < -0.3 is 0 Å². The summed E-state index contributed by atoms with van der Waals surface area (Å²) in [7, 11) is 0. The van der Waals surface area contributed by atoms with Gasteiger partial charge in [-0.05, 0) is 55.7 Å². The first-order valence-electron chi connectivity index (χ1n) is 8.24.